The second-order valence-corrected chi connectivity index (χ2v) is 11.7. The molecule has 0 aliphatic rings. The molecule has 7 nitrogen and oxygen atoms in total. The van der Waals surface area contributed by atoms with Gasteiger partial charge < -0.3 is 10.2 Å². The molecule has 0 spiro atoms. The summed E-state index contributed by atoms with van der Waals surface area (Å²) in [4.78, 5) is 28.2. The molecular weight excluding hydrogens is 486 g/mol. The maximum atomic E-state index is 13.5. The predicted molar refractivity (Wildman–Crippen MR) is 151 cm³/mol. The largest absolute Gasteiger partial charge is 0.352 e. The molecule has 0 heterocycles. The van der Waals surface area contributed by atoms with E-state index >= 15 is 0 Å². The molecule has 2 aromatic carbocycles. The number of hydrogen-bond acceptors (Lipinski definition) is 4. The molecule has 204 valence electrons. The lowest BCUT2D eigenvalue weighted by molar-refractivity contribution is -0.141. The summed E-state index contributed by atoms with van der Waals surface area (Å²) in [6.07, 6.45) is 3.64. The van der Waals surface area contributed by atoms with Gasteiger partial charge in [-0.15, -0.1) is 0 Å². The topological polar surface area (TPSA) is 86.8 Å². The predicted octanol–water partition coefficient (Wildman–Crippen LogP) is 4.61. The summed E-state index contributed by atoms with van der Waals surface area (Å²) in [6.45, 7) is 10.3. The summed E-state index contributed by atoms with van der Waals surface area (Å²) < 4.78 is 26.6. The molecule has 2 rings (SSSR count). The van der Waals surface area contributed by atoms with Gasteiger partial charge in [0.25, 0.3) is 0 Å². The Kier molecular flexibility index (Phi) is 11.6. The highest BCUT2D eigenvalue weighted by atomic mass is 32.2. The Morgan fingerprint density at radius 3 is 2.24 bits per heavy atom. The monoisotopic (exact) mass is 529 g/mol. The van der Waals surface area contributed by atoms with Crippen LogP contribution in [0.4, 0.5) is 5.69 Å². The minimum Gasteiger partial charge on any atom is -0.352 e. The first kappa shape index (κ1) is 30.4. The normalized spacial score (nSPS) is 13.0. The van der Waals surface area contributed by atoms with Crippen LogP contribution >= 0.6 is 0 Å². The molecule has 0 aliphatic heterocycles. The molecule has 8 heteroatoms. The molecule has 0 radical (unpaired) electrons. The van der Waals surface area contributed by atoms with Gasteiger partial charge in [0.05, 0.1) is 11.9 Å². The van der Waals surface area contributed by atoms with E-state index < -0.39 is 16.1 Å². The SMILES string of the molecule is CC[C@H](C(=O)N[C@@H](C)CC)N(CCc1ccccc1)C(=O)CCCN(c1cc(C)ccc1C)S(C)(=O)=O. The number of nitrogens with zero attached hydrogens (tertiary/aromatic N) is 2. The second-order valence-electron chi connectivity index (χ2n) is 9.79. The Labute approximate surface area is 223 Å². The van der Waals surface area contributed by atoms with Crippen molar-refractivity contribution in [3.8, 4) is 0 Å². The summed E-state index contributed by atoms with van der Waals surface area (Å²) in [7, 11) is -3.53. The van der Waals surface area contributed by atoms with Crippen LogP contribution in [0.2, 0.25) is 0 Å². The number of hydrogen-bond donors (Lipinski definition) is 1. The van der Waals surface area contributed by atoms with Crippen molar-refractivity contribution in [2.45, 2.75) is 78.8 Å². The average Bonchev–Trinajstić information content (AvgIpc) is 2.85. The van der Waals surface area contributed by atoms with Crippen LogP contribution in [0.25, 0.3) is 0 Å². The van der Waals surface area contributed by atoms with Crippen LogP contribution in [0, 0.1) is 13.8 Å². The van der Waals surface area contributed by atoms with Crippen molar-refractivity contribution in [1.82, 2.24) is 10.2 Å². The Morgan fingerprint density at radius 2 is 1.65 bits per heavy atom. The van der Waals surface area contributed by atoms with Crippen molar-refractivity contribution in [3.05, 3.63) is 65.2 Å². The van der Waals surface area contributed by atoms with E-state index in [1.165, 1.54) is 10.6 Å². The third-order valence-electron chi connectivity index (χ3n) is 6.66. The number of rotatable bonds is 14. The lowest BCUT2D eigenvalue weighted by atomic mass is 10.1. The average molecular weight is 530 g/mol. The first-order valence-electron chi connectivity index (χ1n) is 13.2. The molecular formula is C29H43N3O4S. The molecule has 0 aliphatic carbocycles. The van der Waals surface area contributed by atoms with Gasteiger partial charge in [0.1, 0.15) is 6.04 Å². The maximum Gasteiger partial charge on any atom is 0.243 e. The van der Waals surface area contributed by atoms with E-state index in [1.807, 2.05) is 83.1 Å². The first-order chi connectivity index (χ1) is 17.5. The van der Waals surface area contributed by atoms with Gasteiger partial charge in [-0.1, -0.05) is 56.3 Å². The number of carbonyl (C=O) groups is 2. The standard InChI is InChI=1S/C29H43N3O4S/c1-7-24(5)30-29(34)26(8-2)31(20-18-25-13-10-9-11-14-25)28(33)15-12-19-32(37(6,35)36)27-21-22(3)16-17-23(27)4/h9-11,13-14,16-17,21,24,26H,7-8,12,15,18-20H2,1-6H3,(H,30,34)/t24-,26+/m0/s1. The van der Waals surface area contributed by atoms with E-state index in [-0.39, 0.29) is 30.8 Å². The second kappa shape index (κ2) is 14.2. The molecule has 1 N–H and O–H groups in total. The Balaban J connectivity index is 2.20. The Morgan fingerprint density at radius 1 is 0.973 bits per heavy atom. The molecule has 37 heavy (non-hydrogen) atoms. The van der Waals surface area contributed by atoms with Crippen LogP contribution in [-0.2, 0) is 26.0 Å². The first-order valence-corrected chi connectivity index (χ1v) is 15.0. The summed E-state index contributed by atoms with van der Waals surface area (Å²) >= 11 is 0. The van der Waals surface area contributed by atoms with Gasteiger partial charge in [-0.05, 0) is 69.2 Å². The van der Waals surface area contributed by atoms with Crippen molar-refractivity contribution in [2.75, 3.05) is 23.7 Å². The zero-order chi connectivity index (χ0) is 27.6. The third-order valence-corrected chi connectivity index (χ3v) is 7.84. The molecule has 0 bridgehead atoms. The highest BCUT2D eigenvalue weighted by Gasteiger charge is 2.29. The van der Waals surface area contributed by atoms with Crippen molar-refractivity contribution < 1.29 is 18.0 Å². The van der Waals surface area contributed by atoms with Crippen molar-refractivity contribution >= 4 is 27.5 Å². The minimum atomic E-state index is -3.53. The van der Waals surface area contributed by atoms with Crippen molar-refractivity contribution in [2.24, 2.45) is 0 Å². The molecule has 0 saturated carbocycles. The lowest BCUT2D eigenvalue weighted by Gasteiger charge is -2.32. The number of carbonyl (C=O) groups excluding carboxylic acids is 2. The molecule has 0 saturated heterocycles. The summed E-state index contributed by atoms with van der Waals surface area (Å²) in [6, 6.07) is 15.0. The fraction of sp³-hybridized carbons (Fsp3) is 0.517. The van der Waals surface area contributed by atoms with E-state index in [1.54, 1.807) is 4.90 Å². The van der Waals surface area contributed by atoms with Gasteiger partial charge in [0.2, 0.25) is 21.8 Å². The number of anilines is 1. The highest BCUT2D eigenvalue weighted by molar-refractivity contribution is 7.92. The number of benzene rings is 2. The molecule has 0 unspecified atom stereocenters. The van der Waals surface area contributed by atoms with E-state index in [0.717, 1.165) is 23.1 Å². The van der Waals surface area contributed by atoms with Crippen LogP contribution in [0.3, 0.4) is 0 Å². The molecule has 2 aromatic rings. The molecule has 0 aromatic heterocycles. The van der Waals surface area contributed by atoms with E-state index in [4.69, 9.17) is 0 Å². The van der Waals surface area contributed by atoms with Gasteiger partial charge in [-0.3, -0.25) is 13.9 Å². The minimum absolute atomic E-state index is 0.0218. The number of aryl methyl sites for hydroxylation is 2. The summed E-state index contributed by atoms with van der Waals surface area (Å²) in [5.41, 5.74) is 3.56. The molecule has 2 atom stereocenters. The quantitative estimate of drug-likeness (QED) is 0.387. The third kappa shape index (κ3) is 9.18. The fourth-order valence-electron chi connectivity index (χ4n) is 4.31. The van der Waals surface area contributed by atoms with Gasteiger partial charge in [0, 0.05) is 25.6 Å². The van der Waals surface area contributed by atoms with Crippen LogP contribution < -0.4 is 9.62 Å². The number of nitrogens with one attached hydrogen (secondary N) is 1. The smallest absolute Gasteiger partial charge is 0.243 e. The van der Waals surface area contributed by atoms with E-state index in [9.17, 15) is 18.0 Å². The molecule has 0 fully saturated rings. The van der Waals surface area contributed by atoms with Gasteiger partial charge in [0.15, 0.2) is 0 Å². The van der Waals surface area contributed by atoms with E-state index in [0.29, 0.717) is 31.5 Å². The van der Waals surface area contributed by atoms with Crippen LogP contribution in [0.15, 0.2) is 48.5 Å². The van der Waals surface area contributed by atoms with Gasteiger partial charge >= 0.3 is 0 Å². The van der Waals surface area contributed by atoms with Crippen molar-refractivity contribution in [3.63, 3.8) is 0 Å². The number of sulfonamides is 1. The Hall–Kier alpha value is -2.87. The number of amides is 2. The van der Waals surface area contributed by atoms with Crippen molar-refractivity contribution in [1.29, 1.82) is 0 Å². The maximum absolute atomic E-state index is 13.5. The zero-order valence-corrected chi connectivity index (χ0v) is 24.0. The fourth-order valence-corrected chi connectivity index (χ4v) is 5.32. The van der Waals surface area contributed by atoms with E-state index in [2.05, 4.69) is 5.32 Å². The molecule has 2 amide bonds. The summed E-state index contributed by atoms with van der Waals surface area (Å²) in [5.74, 6) is -0.289. The lowest BCUT2D eigenvalue weighted by Crippen LogP contribution is -2.51. The summed E-state index contributed by atoms with van der Waals surface area (Å²) in [5, 5.41) is 3.02. The zero-order valence-electron chi connectivity index (χ0n) is 23.2. The highest BCUT2D eigenvalue weighted by Crippen LogP contribution is 2.24. The van der Waals surface area contributed by atoms with Crippen LogP contribution in [0.5, 0.6) is 0 Å². The Bertz CT molecular complexity index is 1140. The van der Waals surface area contributed by atoms with Crippen LogP contribution in [0.1, 0.15) is 63.1 Å². The van der Waals surface area contributed by atoms with Crippen LogP contribution in [-0.4, -0.2) is 56.6 Å². The van der Waals surface area contributed by atoms with Gasteiger partial charge in [-0.2, -0.15) is 0 Å². The van der Waals surface area contributed by atoms with Gasteiger partial charge in [-0.25, -0.2) is 8.42 Å².